The maximum absolute atomic E-state index is 12.9. The van der Waals surface area contributed by atoms with Gasteiger partial charge < -0.3 is 14.4 Å². The van der Waals surface area contributed by atoms with Gasteiger partial charge in [0.05, 0.1) is 25.5 Å². The van der Waals surface area contributed by atoms with Crippen LogP contribution in [-0.4, -0.2) is 47.3 Å². The molecule has 1 amide bonds. The molecule has 6 nitrogen and oxygen atoms in total. The highest BCUT2D eigenvalue weighted by Crippen LogP contribution is 2.28. The fourth-order valence-electron chi connectivity index (χ4n) is 4.14. The number of amides is 1. The molecular weight excluding hydrogens is 390 g/mol. The average Bonchev–Trinajstić information content (AvgIpc) is 3.23. The van der Waals surface area contributed by atoms with E-state index in [1.165, 1.54) is 19.3 Å². The van der Waals surface area contributed by atoms with Crippen molar-refractivity contribution in [2.75, 3.05) is 26.3 Å². The van der Waals surface area contributed by atoms with Crippen molar-refractivity contribution in [2.45, 2.75) is 44.6 Å². The molecule has 2 fully saturated rings. The Balaban J connectivity index is 1.29. The monoisotopic (exact) mass is 417 g/mol. The Kier molecular flexibility index (Phi) is 6.72. The number of carbonyl (C=O) groups excluding carboxylic acids is 1. The Morgan fingerprint density at radius 3 is 2.97 bits per heavy atom. The number of ether oxygens (including phenoxy) is 2. The highest BCUT2D eigenvalue weighted by molar-refractivity contribution is 6.30. The van der Waals surface area contributed by atoms with Gasteiger partial charge in [0.1, 0.15) is 11.9 Å². The third kappa shape index (κ3) is 5.31. The molecule has 7 heteroatoms. The van der Waals surface area contributed by atoms with Gasteiger partial charge in [-0.05, 0) is 37.1 Å². The summed E-state index contributed by atoms with van der Waals surface area (Å²) in [4.78, 5) is 14.8. The van der Waals surface area contributed by atoms with Crippen LogP contribution in [0.5, 0.6) is 5.75 Å². The lowest BCUT2D eigenvalue weighted by Crippen LogP contribution is -2.45. The summed E-state index contributed by atoms with van der Waals surface area (Å²) in [5, 5.41) is 8.15. The molecule has 0 spiro atoms. The van der Waals surface area contributed by atoms with Crippen LogP contribution in [0, 0.1) is 5.92 Å². The molecule has 1 aliphatic heterocycles. The topological polar surface area (TPSA) is 67.5 Å². The summed E-state index contributed by atoms with van der Waals surface area (Å²) in [6, 6.07) is 9.39. The first kappa shape index (κ1) is 20.2. The predicted octanol–water partition coefficient (Wildman–Crippen LogP) is 4.16. The smallest absolute Gasteiger partial charge is 0.225 e. The largest absolute Gasteiger partial charge is 0.493 e. The van der Waals surface area contributed by atoms with Crippen LogP contribution in [0.2, 0.25) is 5.02 Å². The van der Waals surface area contributed by atoms with Crippen molar-refractivity contribution in [1.29, 1.82) is 0 Å². The molecule has 1 aromatic heterocycles. The zero-order valence-corrected chi connectivity index (χ0v) is 17.4. The van der Waals surface area contributed by atoms with Crippen molar-refractivity contribution < 1.29 is 14.3 Å². The second-order valence-corrected chi connectivity index (χ2v) is 8.29. The van der Waals surface area contributed by atoms with Crippen molar-refractivity contribution in [3.8, 4) is 5.75 Å². The number of rotatable bonds is 6. The lowest BCUT2D eigenvalue weighted by Gasteiger charge is -2.35. The Morgan fingerprint density at radius 2 is 2.14 bits per heavy atom. The second kappa shape index (κ2) is 9.63. The Labute approximate surface area is 176 Å². The minimum atomic E-state index is -0.171. The number of halogens is 1. The molecule has 0 radical (unpaired) electrons. The molecule has 1 atom stereocenters. The van der Waals surface area contributed by atoms with Crippen LogP contribution >= 0.6 is 11.6 Å². The van der Waals surface area contributed by atoms with E-state index in [1.807, 2.05) is 29.2 Å². The lowest BCUT2D eigenvalue weighted by molar-refractivity contribution is -0.144. The van der Waals surface area contributed by atoms with E-state index >= 15 is 0 Å². The summed E-state index contributed by atoms with van der Waals surface area (Å²) in [7, 11) is 0. The van der Waals surface area contributed by atoms with E-state index in [4.69, 9.17) is 21.1 Å². The van der Waals surface area contributed by atoms with Gasteiger partial charge in [-0.25, -0.2) is 0 Å². The lowest BCUT2D eigenvalue weighted by atomic mass is 9.88. The third-order valence-corrected chi connectivity index (χ3v) is 5.98. The molecular formula is C22H28ClN3O3. The highest BCUT2D eigenvalue weighted by atomic mass is 35.5. The van der Waals surface area contributed by atoms with Gasteiger partial charge in [0, 0.05) is 29.6 Å². The van der Waals surface area contributed by atoms with Gasteiger partial charge >= 0.3 is 0 Å². The van der Waals surface area contributed by atoms with Crippen LogP contribution in [0.3, 0.4) is 0 Å². The second-order valence-electron chi connectivity index (χ2n) is 7.85. The zero-order chi connectivity index (χ0) is 20.1. The Hall–Kier alpha value is -2.05. The molecule has 2 aromatic rings. The van der Waals surface area contributed by atoms with Crippen LogP contribution in [-0.2, 0) is 16.0 Å². The van der Waals surface area contributed by atoms with E-state index in [-0.39, 0.29) is 12.0 Å². The van der Waals surface area contributed by atoms with Gasteiger partial charge in [0.25, 0.3) is 0 Å². The van der Waals surface area contributed by atoms with Gasteiger partial charge in [-0.2, -0.15) is 5.10 Å². The summed E-state index contributed by atoms with van der Waals surface area (Å²) in [6.07, 6.45) is 6.19. The number of H-pyrrole nitrogens is 1. The number of carbonyl (C=O) groups is 1. The molecule has 156 valence electrons. The van der Waals surface area contributed by atoms with Crippen LogP contribution < -0.4 is 4.74 Å². The van der Waals surface area contributed by atoms with Gasteiger partial charge in [-0.15, -0.1) is 0 Å². The molecule has 2 aliphatic rings. The van der Waals surface area contributed by atoms with Crippen molar-refractivity contribution in [3.05, 3.63) is 46.7 Å². The fraction of sp³-hybridized carbons (Fsp3) is 0.545. The van der Waals surface area contributed by atoms with Crippen LogP contribution in [0.15, 0.2) is 30.3 Å². The van der Waals surface area contributed by atoms with Crippen molar-refractivity contribution in [2.24, 2.45) is 5.92 Å². The number of benzene rings is 1. The number of hydrogen-bond donors (Lipinski definition) is 1. The summed E-state index contributed by atoms with van der Waals surface area (Å²) in [6.45, 7) is 2.35. The standard InChI is InChI=1S/C22H28ClN3O3/c23-17-7-4-8-19(13-17)28-11-9-18-14-20(25-24-18)21-15-26(10-12-29-21)22(27)16-5-2-1-3-6-16/h4,7-8,13-14,16,21H,1-3,5-6,9-12,15H2,(H,24,25)/t21-/m0/s1. The highest BCUT2D eigenvalue weighted by Gasteiger charge is 2.31. The predicted molar refractivity (Wildman–Crippen MR) is 111 cm³/mol. The van der Waals surface area contributed by atoms with Crippen molar-refractivity contribution >= 4 is 17.5 Å². The van der Waals surface area contributed by atoms with Crippen LogP contribution in [0.1, 0.15) is 49.6 Å². The number of hydrogen-bond acceptors (Lipinski definition) is 4. The number of nitrogens with one attached hydrogen (secondary N) is 1. The normalized spacial score (nSPS) is 20.6. The number of aromatic nitrogens is 2. The Bertz CT molecular complexity index is 819. The Morgan fingerprint density at radius 1 is 1.28 bits per heavy atom. The molecule has 2 heterocycles. The molecule has 29 heavy (non-hydrogen) atoms. The molecule has 4 rings (SSSR count). The van der Waals surface area contributed by atoms with E-state index in [9.17, 15) is 4.79 Å². The summed E-state index contributed by atoms with van der Waals surface area (Å²) < 4.78 is 11.7. The molecule has 1 saturated carbocycles. The zero-order valence-electron chi connectivity index (χ0n) is 16.6. The van der Waals surface area contributed by atoms with Crippen molar-refractivity contribution in [3.63, 3.8) is 0 Å². The first-order valence-electron chi connectivity index (χ1n) is 10.5. The van der Waals surface area contributed by atoms with E-state index < -0.39 is 0 Å². The molecule has 1 aliphatic carbocycles. The average molecular weight is 418 g/mol. The number of aromatic amines is 1. The molecule has 1 N–H and O–H groups in total. The van der Waals surface area contributed by atoms with Crippen LogP contribution in [0.25, 0.3) is 0 Å². The minimum Gasteiger partial charge on any atom is -0.493 e. The van der Waals surface area contributed by atoms with Gasteiger partial charge in [-0.3, -0.25) is 9.89 Å². The van der Waals surface area contributed by atoms with Crippen LogP contribution in [0.4, 0.5) is 0 Å². The van der Waals surface area contributed by atoms with Gasteiger partial charge in [0.15, 0.2) is 0 Å². The molecule has 0 bridgehead atoms. The first-order chi connectivity index (χ1) is 14.2. The molecule has 1 aromatic carbocycles. The summed E-state index contributed by atoms with van der Waals surface area (Å²) in [5.74, 6) is 1.24. The molecule has 1 saturated heterocycles. The SMILES string of the molecule is O=C(C1CCCCC1)N1CCO[C@H](c2cc(CCOc3cccc(Cl)c3)[nH]n2)C1. The fourth-order valence-corrected chi connectivity index (χ4v) is 4.32. The maximum Gasteiger partial charge on any atom is 0.225 e. The van der Waals surface area contributed by atoms with E-state index in [0.717, 1.165) is 30.0 Å². The maximum atomic E-state index is 12.9. The third-order valence-electron chi connectivity index (χ3n) is 5.75. The van der Waals surface area contributed by atoms with E-state index in [1.54, 1.807) is 6.07 Å². The quantitative estimate of drug-likeness (QED) is 0.766. The van der Waals surface area contributed by atoms with E-state index in [0.29, 0.717) is 43.7 Å². The summed E-state index contributed by atoms with van der Waals surface area (Å²) >= 11 is 5.98. The van der Waals surface area contributed by atoms with Gasteiger partial charge in [0.2, 0.25) is 5.91 Å². The first-order valence-corrected chi connectivity index (χ1v) is 10.9. The summed E-state index contributed by atoms with van der Waals surface area (Å²) in [5.41, 5.74) is 1.84. The van der Waals surface area contributed by atoms with Gasteiger partial charge in [-0.1, -0.05) is 36.9 Å². The van der Waals surface area contributed by atoms with Crippen molar-refractivity contribution in [1.82, 2.24) is 15.1 Å². The number of morpholine rings is 1. The minimum absolute atomic E-state index is 0.171. The number of nitrogens with zero attached hydrogens (tertiary/aromatic N) is 2. The van der Waals surface area contributed by atoms with E-state index in [2.05, 4.69) is 10.2 Å². The molecule has 0 unspecified atom stereocenters.